The Labute approximate surface area is 147 Å². The largest absolute Gasteiger partial charge is 0.491 e. The lowest BCUT2D eigenvalue weighted by Crippen LogP contribution is -2.41. The highest BCUT2D eigenvalue weighted by atomic mass is 16.7. The lowest BCUT2D eigenvalue weighted by molar-refractivity contribution is 0.00578. The molecule has 0 unspecified atom stereocenters. The molecule has 3 rings (SSSR count). The van der Waals surface area contributed by atoms with Gasteiger partial charge in [-0.2, -0.15) is 0 Å². The summed E-state index contributed by atoms with van der Waals surface area (Å²) in [6.07, 6.45) is 3.42. The lowest BCUT2D eigenvalue weighted by atomic mass is 9.77. The van der Waals surface area contributed by atoms with E-state index in [2.05, 4.69) is 15.3 Å². The lowest BCUT2D eigenvalue weighted by Gasteiger charge is -2.32. The van der Waals surface area contributed by atoms with E-state index in [9.17, 15) is 4.79 Å². The summed E-state index contributed by atoms with van der Waals surface area (Å²) in [7, 11) is 1.45. The Balaban J connectivity index is 1.99. The minimum Gasteiger partial charge on any atom is -0.400 e. The number of nitrogens with zero attached hydrogens (tertiary/aromatic N) is 1. The molecule has 2 aromatic rings. The zero-order chi connectivity index (χ0) is 18.2. The van der Waals surface area contributed by atoms with E-state index in [1.807, 2.05) is 59.0 Å². The van der Waals surface area contributed by atoms with Crippen molar-refractivity contribution in [3.8, 4) is 0 Å². The molecule has 0 atom stereocenters. The topological polar surface area (TPSA) is 76.2 Å². The number of likely N-dealkylation sites (N-methyl/N-ethyl adjacent to an activating group) is 1. The Kier molecular flexibility index (Phi) is 4.57. The van der Waals surface area contributed by atoms with Gasteiger partial charge in [-0.1, -0.05) is 12.1 Å². The van der Waals surface area contributed by atoms with E-state index < -0.39 is 18.3 Å². The normalized spacial score (nSPS) is 19.6. The molecule has 7 heteroatoms. The standard InChI is InChI=1S/C18H24BN3O3/c1-17(2)18(3,4)25-19(24-17)13(10-20-5)8-12-6-7-15-14(9-12)16(23)22-11-21-15/h6-9,11,20H,10H2,1-5H3,(H,21,22,23). The van der Waals surface area contributed by atoms with Gasteiger partial charge in [0.1, 0.15) is 0 Å². The first kappa shape index (κ1) is 17.9. The van der Waals surface area contributed by atoms with Crippen LogP contribution in [0.5, 0.6) is 0 Å². The van der Waals surface area contributed by atoms with Crippen molar-refractivity contribution in [2.75, 3.05) is 13.6 Å². The van der Waals surface area contributed by atoms with Gasteiger partial charge in [0.05, 0.1) is 28.4 Å². The highest BCUT2D eigenvalue weighted by Gasteiger charge is 2.52. The number of benzene rings is 1. The minimum atomic E-state index is -0.430. The summed E-state index contributed by atoms with van der Waals surface area (Å²) in [5.41, 5.74) is 1.62. The second kappa shape index (κ2) is 6.40. The highest BCUT2D eigenvalue weighted by Crippen LogP contribution is 2.38. The fourth-order valence-corrected chi connectivity index (χ4v) is 2.79. The Hall–Kier alpha value is -1.96. The molecule has 1 aromatic heterocycles. The number of hydrogen-bond donors (Lipinski definition) is 2. The fourth-order valence-electron chi connectivity index (χ4n) is 2.79. The summed E-state index contributed by atoms with van der Waals surface area (Å²) in [4.78, 5) is 18.8. The third-order valence-corrected chi connectivity index (χ3v) is 4.95. The molecule has 1 aliphatic rings. The van der Waals surface area contributed by atoms with E-state index in [-0.39, 0.29) is 5.56 Å². The molecule has 0 amide bonds. The van der Waals surface area contributed by atoms with Gasteiger partial charge < -0.3 is 19.6 Å². The van der Waals surface area contributed by atoms with Crippen LogP contribution >= 0.6 is 0 Å². The maximum absolute atomic E-state index is 12.0. The van der Waals surface area contributed by atoms with Gasteiger partial charge in [0.2, 0.25) is 0 Å². The Bertz CT molecular complexity index is 857. The molecule has 1 aromatic carbocycles. The quantitative estimate of drug-likeness (QED) is 0.834. The van der Waals surface area contributed by atoms with Crippen LogP contribution in [0.15, 0.2) is 34.8 Å². The van der Waals surface area contributed by atoms with Crippen molar-refractivity contribution in [1.82, 2.24) is 15.3 Å². The van der Waals surface area contributed by atoms with Gasteiger partial charge in [0.15, 0.2) is 0 Å². The molecular formula is C18H24BN3O3. The van der Waals surface area contributed by atoms with Crippen molar-refractivity contribution in [2.45, 2.75) is 38.9 Å². The van der Waals surface area contributed by atoms with Crippen LogP contribution in [0.1, 0.15) is 33.3 Å². The number of hydrogen-bond acceptors (Lipinski definition) is 5. The summed E-state index contributed by atoms with van der Waals surface area (Å²) in [5.74, 6) is 0. The van der Waals surface area contributed by atoms with Crippen molar-refractivity contribution >= 4 is 24.1 Å². The van der Waals surface area contributed by atoms with Crippen molar-refractivity contribution in [1.29, 1.82) is 0 Å². The van der Waals surface area contributed by atoms with Crippen LogP contribution in [0.2, 0.25) is 0 Å². The number of nitrogens with one attached hydrogen (secondary N) is 2. The predicted octanol–water partition coefficient (Wildman–Crippen LogP) is 2.16. The summed E-state index contributed by atoms with van der Waals surface area (Å²) in [6.45, 7) is 8.76. The third-order valence-electron chi connectivity index (χ3n) is 4.95. The van der Waals surface area contributed by atoms with Gasteiger partial charge >= 0.3 is 7.12 Å². The zero-order valence-corrected chi connectivity index (χ0v) is 15.3. The van der Waals surface area contributed by atoms with Gasteiger partial charge in [-0.05, 0) is 57.9 Å². The van der Waals surface area contributed by atoms with Gasteiger partial charge in [-0.3, -0.25) is 4.79 Å². The molecule has 6 nitrogen and oxygen atoms in total. The third kappa shape index (κ3) is 3.40. The van der Waals surface area contributed by atoms with E-state index in [4.69, 9.17) is 9.31 Å². The molecule has 0 saturated carbocycles. The molecule has 2 heterocycles. The van der Waals surface area contributed by atoms with Crippen LogP contribution < -0.4 is 10.9 Å². The Morgan fingerprint density at radius 3 is 2.60 bits per heavy atom. The summed E-state index contributed by atoms with van der Waals surface area (Å²) >= 11 is 0. The van der Waals surface area contributed by atoms with Crippen LogP contribution in [-0.4, -0.2) is 41.9 Å². The van der Waals surface area contributed by atoms with Crippen molar-refractivity contribution < 1.29 is 9.31 Å². The number of fused-ring (bicyclic) bond motifs is 1. The van der Waals surface area contributed by atoms with E-state index in [1.54, 1.807) is 0 Å². The SMILES string of the molecule is CNCC(=Cc1ccc2nc[nH]c(=O)c2c1)B1OC(C)(C)C(C)(C)O1. The first-order valence-electron chi connectivity index (χ1n) is 8.42. The van der Waals surface area contributed by atoms with Crippen LogP contribution in [0.25, 0.3) is 17.0 Å². The van der Waals surface area contributed by atoms with E-state index >= 15 is 0 Å². The molecule has 1 saturated heterocycles. The number of aromatic nitrogens is 2. The summed E-state index contributed by atoms with van der Waals surface area (Å²) in [6, 6.07) is 5.62. The average Bonchev–Trinajstić information content (AvgIpc) is 2.76. The van der Waals surface area contributed by atoms with Crippen LogP contribution in [0.3, 0.4) is 0 Å². The van der Waals surface area contributed by atoms with Crippen molar-refractivity contribution in [3.63, 3.8) is 0 Å². The molecule has 0 radical (unpaired) electrons. The van der Waals surface area contributed by atoms with Gasteiger partial charge in [-0.15, -0.1) is 0 Å². The number of H-pyrrole nitrogens is 1. The Morgan fingerprint density at radius 1 is 1.28 bits per heavy atom. The molecule has 0 spiro atoms. The summed E-state index contributed by atoms with van der Waals surface area (Å²) < 4.78 is 12.3. The van der Waals surface area contributed by atoms with Crippen LogP contribution in [0.4, 0.5) is 0 Å². The molecule has 0 bridgehead atoms. The zero-order valence-electron chi connectivity index (χ0n) is 15.3. The summed E-state index contributed by atoms with van der Waals surface area (Å²) in [5, 5.41) is 3.72. The number of aromatic amines is 1. The van der Waals surface area contributed by atoms with E-state index in [0.29, 0.717) is 17.4 Å². The fraction of sp³-hybridized carbons (Fsp3) is 0.444. The van der Waals surface area contributed by atoms with E-state index in [0.717, 1.165) is 11.0 Å². The smallest absolute Gasteiger partial charge is 0.400 e. The molecular weight excluding hydrogens is 317 g/mol. The second-order valence-electron chi connectivity index (χ2n) is 7.35. The molecule has 132 valence electrons. The second-order valence-corrected chi connectivity index (χ2v) is 7.35. The monoisotopic (exact) mass is 341 g/mol. The van der Waals surface area contributed by atoms with Crippen LogP contribution in [0, 0.1) is 0 Å². The highest BCUT2D eigenvalue weighted by molar-refractivity contribution is 6.55. The van der Waals surface area contributed by atoms with Crippen molar-refractivity contribution in [3.05, 3.63) is 45.9 Å². The van der Waals surface area contributed by atoms with Crippen molar-refractivity contribution in [2.24, 2.45) is 0 Å². The maximum Gasteiger partial charge on any atom is 0.491 e. The average molecular weight is 341 g/mol. The van der Waals surface area contributed by atoms with E-state index in [1.165, 1.54) is 6.33 Å². The molecule has 1 fully saturated rings. The first-order chi connectivity index (χ1) is 11.7. The molecule has 2 N–H and O–H groups in total. The first-order valence-corrected chi connectivity index (χ1v) is 8.42. The molecule has 25 heavy (non-hydrogen) atoms. The maximum atomic E-state index is 12.0. The minimum absolute atomic E-state index is 0.147. The molecule has 1 aliphatic heterocycles. The van der Waals surface area contributed by atoms with Gasteiger partial charge in [0, 0.05) is 6.54 Å². The molecule has 0 aliphatic carbocycles. The predicted molar refractivity (Wildman–Crippen MR) is 100 cm³/mol. The Morgan fingerprint density at radius 2 is 1.96 bits per heavy atom. The number of rotatable bonds is 4. The van der Waals surface area contributed by atoms with Crippen LogP contribution in [-0.2, 0) is 9.31 Å². The van der Waals surface area contributed by atoms with Gasteiger partial charge in [0.25, 0.3) is 5.56 Å². The van der Waals surface area contributed by atoms with Gasteiger partial charge in [-0.25, -0.2) is 4.98 Å².